The minimum absolute atomic E-state index is 0.279. The first kappa shape index (κ1) is 23.2. The average molecular weight is 495 g/mol. The van der Waals surface area contributed by atoms with Gasteiger partial charge in [-0.1, -0.05) is 72.3 Å². The van der Waals surface area contributed by atoms with Crippen molar-refractivity contribution in [1.82, 2.24) is 10.2 Å². The summed E-state index contributed by atoms with van der Waals surface area (Å²) in [7, 11) is 0. The summed E-state index contributed by atoms with van der Waals surface area (Å²) in [5.41, 5.74) is 2.70. The Balaban J connectivity index is 1.36. The number of hydrogen-bond acceptors (Lipinski definition) is 6. The fraction of sp³-hybridized carbons (Fsp3) is 0.0345. The summed E-state index contributed by atoms with van der Waals surface area (Å²) in [5.74, 6) is -0.241. The fourth-order valence-electron chi connectivity index (χ4n) is 3.63. The van der Waals surface area contributed by atoms with Gasteiger partial charge in [-0.2, -0.15) is 0 Å². The molecule has 0 saturated carbocycles. The van der Waals surface area contributed by atoms with Gasteiger partial charge in [0.05, 0.1) is 5.56 Å². The van der Waals surface area contributed by atoms with Crippen LogP contribution >= 0.6 is 11.6 Å². The molecule has 0 spiro atoms. The molecule has 0 amide bonds. The van der Waals surface area contributed by atoms with E-state index in [1.165, 1.54) is 0 Å². The Hall–Kier alpha value is -4.55. The maximum atomic E-state index is 13.2. The SMILES string of the molecule is O=C(O[C@H](C(=O)c1ccccc1)c1ccc(Cl)cc1)c1ccc(-c2nnc(-c3ccccc3)o2)cc1. The predicted octanol–water partition coefficient (Wildman–Crippen LogP) is 6.84. The quantitative estimate of drug-likeness (QED) is 0.182. The molecule has 6 nitrogen and oxygen atoms in total. The molecule has 0 aliphatic rings. The van der Waals surface area contributed by atoms with Crippen molar-refractivity contribution in [2.45, 2.75) is 6.10 Å². The number of hydrogen-bond donors (Lipinski definition) is 0. The molecular formula is C29H19ClN2O4. The second-order valence-electron chi connectivity index (χ2n) is 7.92. The van der Waals surface area contributed by atoms with Crippen molar-refractivity contribution in [3.05, 3.63) is 131 Å². The Morgan fingerprint density at radius 1 is 0.667 bits per heavy atom. The molecule has 36 heavy (non-hydrogen) atoms. The standard InChI is InChI=1S/C29H19ClN2O4/c30-24-17-15-20(16-18-24)26(25(33)19-7-3-1-4-8-19)35-29(34)23-13-11-22(12-14-23)28-32-31-27(36-28)21-9-5-2-6-10-21/h1-18,26H/t26-/m0/s1. The molecule has 0 aliphatic heterocycles. The number of aromatic nitrogens is 2. The third kappa shape index (κ3) is 5.09. The Morgan fingerprint density at radius 2 is 1.22 bits per heavy atom. The Kier molecular flexibility index (Phi) is 6.69. The van der Waals surface area contributed by atoms with E-state index < -0.39 is 12.1 Å². The van der Waals surface area contributed by atoms with E-state index in [-0.39, 0.29) is 11.3 Å². The fourth-order valence-corrected chi connectivity index (χ4v) is 3.75. The number of benzene rings is 4. The van der Waals surface area contributed by atoms with Crippen molar-refractivity contribution in [3.63, 3.8) is 0 Å². The molecule has 4 aromatic carbocycles. The normalized spacial score (nSPS) is 11.6. The molecule has 176 valence electrons. The van der Waals surface area contributed by atoms with Gasteiger partial charge >= 0.3 is 5.97 Å². The number of ether oxygens (including phenoxy) is 1. The van der Waals surface area contributed by atoms with Crippen LogP contribution in [0.4, 0.5) is 0 Å². The summed E-state index contributed by atoms with van der Waals surface area (Å²) in [6.45, 7) is 0. The van der Waals surface area contributed by atoms with Gasteiger partial charge in [-0.05, 0) is 48.5 Å². The number of Topliss-reactive ketones (excluding diaryl/α,β-unsaturated/α-hetero) is 1. The number of ketones is 1. The minimum Gasteiger partial charge on any atom is -0.445 e. The van der Waals surface area contributed by atoms with Gasteiger partial charge in [0.25, 0.3) is 0 Å². The maximum Gasteiger partial charge on any atom is 0.339 e. The highest BCUT2D eigenvalue weighted by atomic mass is 35.5. The molecule has 5 rings (SSSR count). The summed E-state index contributed by atoms with van der Waals surface area (Å²) in [5, 5.41) is 8.71. The summed E-state index contributed by atoms with van der Waals surface area (Å²) in [6.07, 6.45) is -1.12. The van der Waals surface area contributed by atoms with E-state index >= 15 is 0 Å². The first-order valence-electron chi connectivity index (χ1n) is 11.1. The van der Waals surface area contributed by atoms with Crippen LogP contribution in [0.25, 0.3) is 22.9 Å². The first-order chi connectivity index (χ1) is 17.6. The molecule has 0 aliphatic carbocycles. The zero-order chi connectivity index (χ0) is 24.9. The molecule has 1 atom stereocenters. The van der Waals surface area contributed by atoms with Gasteiger partial charge in [-0.3, -0.25) is 4.79 Å². The zero-order valence-corrected chi connectivity index (χ0v) is 19.6. The van der Waals surface area contributed by atoms with E-state index in [4.69, 9.17) is 20.8 Å². The third-order valence-corrected chi connectivity index (χ3v) is 5.76. The van der Waals surface area contributed by atoms with Crippen molar-refractivity contribution in [2.75, 3.05) is 0 Å². The van der Waals surface area contributed by atoms with E-state index in [1.54, 1.807) is 72.8 Å². The van der Waals surface area contributed by atoms with Crippen LogP contribution in [-0.4, -0.2) is 21.9 Å². The molecule has 0 N–H and O–H groups in total. The van der Waals surface area contributed by atoms with Crippen molar-refractivity contribution in [3.8, 4) is 22.9 Å². The second-order valence-corrected chi connectivity index (χ2v) is 8.36. The predicted molar refractivity (Wildman–Crippen MR) is 136 cm³/mol. The van der Waals surface area contributed by atoms with E-state index in [9.17, 15) is 9.59 Å². The molecular weight excluding hydrogens is 476 g/mol. The third-order valence-electron chi connectivity index (χ3n) is 5.51. The summed E-state index contributed by atoms with van der Waals surface area (Å²) in [6, 6.07) is 31.3. The van der Waals surface area contributed by atoms with Gasteiger partial charge in [-0.15, -0.1) is 10.2 Å². The van der Waals surface area contributed by atoms with Crippen molar-refractivity contribution in [2.24, 2.45) is 0 Å². The lowest BCUT2D eigenvalue weighted by Gasteiger charge is -2.18. The lowest BCUT2D eigenvalue weighted by Crippen LogP contribution is -2.20. The number of nitrogens with zero attached hydrogens (tertiary/aromatic N) is 2. The van der Waals surface area contributed by atoms with Crippen LogP contribution in [0, 0.1) is 0 Å². The van der Waals surface area contributed by atoms with Crippen LogP contribution in [0.15, 0.2) is 114 Å². The molecule has 0 fully saturated rings. The van der Waals surface area contributed by atoms with Crippen molar-refractivity contribution in [1.29, 1.82) is 0 Å². The molecule has 5 aromatic rings. The zero-order valence-electron chi connectivity index (χ0n) is 18.9. The highest BCUT2D eigenvalue weighted by Crippen LogP contribution is 2.27. The topological polar surface area (TPSA) is 82.3 Å². The summed E-state index contributed by atoms with van der Waals surface area (Å²) >= 11 is 6.01. The van der Waals surface area contributed by atoms with Crippen LogP contribution in [0.5, 0.6) is 0 Å². The van der Waals surface area contributed by atoms with Gasteiger partial charge in [-0.25, -0.2) is 4.79 Å². The largest absolute Gasteiger partial charge is 0.445 e. The van der Waals surface area contributed by atoms with Gasteiger partial charge < -0.3 is 9.15 Å². The van der Waals surface area contributed by atoms with Crippen LogP contribution in [0.2, 0.25) is 5.02 Å². The van der Waals surface area contributed by atoms with Crippen LogP contribution in [0.3, 0.4) is 0 Å². The molecule has 7 heteroatoms. The van der Waals surface area contributed by atoms with E-state index in [0.29, 0.717) is 33.5 Å². The molecule has 1 heterocycles. The van der Waals surface area contributed by atoms with Crippen LogP contribution in [0.1, 0.15) is 32.4 Å². The lowest BCUT2D eigenvalue weighted by atomic mass is 9.99. The lowest BCUT2D eigenvalue weighted by molar-refractivity contribution is 0.0280. The maximum absolute atomic E-state index is 13.2. The Morgan fingerprint density at radius 3 is 1.83 bits per heavy atom. The number of rotatable bonds is 7. The van der Waals surface area contributed by atoms with Gasteiger partial charge in [0, 0.05) is 27.3 Å². The Labute approximate surface area is 212 Å². The number of halogens is 1. The van der Waals surface area contributed by atoms with Crippen LogP contribution in [-0.2, 0) is 4.74 Å². The Bertz CT molecular complexity index is 1480. The van der Waals surface area contributed by atoms with Crippen molar-refractivity contribution >= 4 is 23.4 Å². The molecule has 0 saturated heterocycles. The molecule has 0 unspecified atom stereocenters. The number of carbonyl (C=O) groups is 2. The molecule has 1 aromatic heterocycles. The van der Waals surface area contributed by atoms with Gasteiger partial charge in [0.2, 0.25) is 17.6 Å². The van der Waals surface area contributed by atoms with E-state index in [0.717, 1.165) is 5.56 Å². The molecule has 0 bridgehead atoms. The highest BCUT2D eigenvalue weighted by molar-refractivity contribution is 6.30. The number of carbonyl (C=O) groups excluding carboxylic acids is 2. The van der Waals surface area contributed by atoms with Crippen molar-refractivity contribution < 1.29 is 18.7 Å². The van der Waals surface area contributed by atoms with E-state index in [2.05, 4.69) is 10.2 Å². The van der Waals surface area contributed by atoms with E-state index in [1.807, 2.05) is 36.4 Å². The minimum atomic E-state index is -1.12. The molecule has 0 radical (unpaired) electrons. The smallest absolute Gasteiger partial charge is 0.339 e. The summed E-state index contributed by atoms with van der Waals surface area (Å²) < 4.78 is 11.5. The summed E-state index contributed by atoms with van der Waals surface area (Å²) in [4.78, 5) is 26.2. The monoisotopic (exact) mass is 494 g/mol. The average Bonchev–Trinajstić information content (AvgIpc) is 3.43. The van der Waals surface area contributed by atoms with Gasteiger partial charge in [0.15, 0.2) is 6.10 Å². The van der Waals surface area contributed by atoms with Gasteiger partial charge in [0.1, 0.15) is 0 Å². The van der Waals surface area contributed by atoms with Crippen LogP contribution < -0.4 is 0 Å². The number of esters is 1. The highest BCUT2D eigenvalue weighted by Gasteiger charge is 2.27. The first-order valence-corrected chi connectivity index (χ1v) is 11.5. The second kappa shape index (κ2) is 10.4.